The van der Waals surface area contributed by atoms with Crippen molar-refractivity contribution in [3.05, 3.63) is 41.5 Å². The molecule has 2 saturated heterocycles. The van der Waals surface area contributed by atoms with Gasteiger partial charge in [0.25, 0.3) is 5.91 Å². The highest BCUT2D eigenvalue weighted by Gasteiger charge is 2.43. The number of alkyl halides is 3. The Bertz CT molecular complexity index is 1230. The monoisotopic (exact) mass is 514 g/mol. The predicted molar refractivity (Wildman–Crippen MR) is 129 cm³/mol. The van der Waals surface area contributed by atoms with Crippen LogP contribution >= 0.6 is 0 Å². The quantitative estimate of drug-likeness (QED) is 0.535. The van der Waals surface area contributed by atoms with Crippen LogP contribution in [0.25, 0.3) is 10.8 Å². The predicted octanol–water partition coefficient (Wildman–Crippen LogP) is 6.07. The Morgan fingerprint density at radius 3 is 2.27 bits per heavy atom. The third kappa shape index (κ3) is 4.98. The normalized spacial score (nSPS) is 27.9. The highest BCUT2D eigenvalue weighted by atomic mass is 19.4. The lowest BCUT2D eigenvalue weighted by atomic mass is 9.78. The minimum absolute atomic E-state index is 0.0147. The summed E-state index contributed by atoms with van der Waals surface area (Å²) in [7, 11) is 0. The van der Waals surface area contributed by atoms with Crippen molar-refractivity contribution in [1.82, 2.24) is 4.90 Å². The third-order valence-corrected chi connectivity index (χ3v) is 8.33. The summed E-state index contributed by atoms with van der Waals surface area (Å²) in [6, 6.07) is 10.6. The molecule has 1 N–H and O–H groups in total. The molecule has 3 fully saturated rings. The van der Waals surface area contributed by atoms with Crippen LogP contribution in [0.5, 0.6) is 5.75 Å². The number of fused-ring (bicyclic) bond motifs is 3. The number of aliphatic carboxylic acids is 1. The van der Waals surface area contributed by atoms with Crippen LogP contribution in [0.2, 0.25) is 0 Å². The number of piperidine rings is 2. The Morgan fingerprint density at radius 2 is 1.68 bits per heavy atom. The van der Waals surface area contributed by atoms with E-state index in [4.69, 9.17) is 4.74 Å². The van der Waals surface area contributed by atoms with E-state index in [0.29, 0.717) is 40.5 Å². The van der Waals surface area contributed by atoms with Gasteiger partial charge in [-0.05, 0) is 81.4 Å². The fourth-order valence-corrected chi connectivity index (χ4v) is 6.41. The summed E-state index contributed by atoms with van der Waals surface area (Å²) < 4.78 is 44.9. The molecule has 1 saturated carbocycles. The number of carboxylic acids is 1. The first-order valence-corrected chi connectivity index (χ1v) is 12.9. The van der Waals surface area contributed by atoms with E-state index in [-0.39, 0.29) is 49.8 Å². The molecule has 5 rings (SSSR count). The molecule has 2 heterocycles. The maximum Gasteiger partial charge on any atom is 0.391 e. The average Bonchev–Trinajstić information content (AvgIpc) is 2.86. The van der Waals surface area contributed by atoms with Crippen LogP contribution < -0.4 is 4.74 Å². The number of nitrogens with zero attached hydrogens (tertiary/aromatic N) is 2. The van der Waals surface area contributed by atoms with E-state index in [1.54, 1.807) is 30.3 Å². The van der Waals surface area contributed by atoms with Gasteiger partial charge in [-0.15, -0.1) is 0 Å². The Hall–Kier alpha value is -3.28. The topological polar surface area (TPSA) is 90.6 Å². The maximum absolute atomic E-state index is 13.5. The fourth-order valence-electron chi connectivity index (χ4n) is 6.41. The van der Waals surface area contributed by atoms with E-state index >= 15 is 0 Å². The van der Waals surface area contributed by atoms with E-state index < -0.39 is 24.0 Å². The number of hydrogen-bond donors (Lipinski definition) is 1. The molecular weight excluding hydrogens is 485 g/mol. The Morgan fingerprint density at radius 1 is 1.00 bits per heavy atom. The molecular formula is C28H29F3N2O4. The molecule has 6 nitrogen and oxygen atoms in total. The number of amides is 1. The molecule has 9 heteroatoms. The minimum Gasteiger partial charge on any atom is -0.489 e. The van der Waals surface area contributed by atoms with Crippen LogP contribution in [0.3, 0.4) is 0 Å². The molecule has 3 aliphatic rings. The van der Waals surface area contributed by atoms with Gasteiger partial charge in [-0.3, -0.25) is 9.59 Å². The zero-order valence-corrected chi connectivity index (χ0v) is 20.3. The van der Waals surface area contributed by atoms with Crippen molar-refractivity contribution in [2.24, 2.45) is 11.8 Å². The van der Waals surface area contributed by atoms with Gasteiger partial charge in [-0.2, -0.15) is 18.4 Å². The van der Waals surface area contributed by atoms with Crippen LogP contribution in [-0.2, 0) is 4.79 Å². The van der Waals surface area contributed by atoms with Gasteiger partial charge in [0.15, 0.2) is 0 Å². The minimum atomic E-state index is -4.19. The Balaban J connectivity index is 1.35. The number of rotatable bonds is 4. The van der Waals surface area contributed by atoms with Crippen molar-refractivity contribution >= 4 is 22.6 Å². The molecule has 2 unspecified atom stereocenters. The lowest BCUT2D eigenvalue weighted by Crippen LogP contribution is -2.55. The smallest absolute Gasteiger partial charge is 0.391 e. The Kier molecular flexibility index (Phi) is 6.78. The first kappa shape index (κ1) is 25.4. The largest absolute Gasteiger partial charge is 0.489 e. The molecule has 2 atom stereocenters. The van der Waals surface area contributed by atoms with Gasteiger partial charge >= 0.3 is 12.1 Å². The Labute approximate surface area is 213 Å². The number of halogens is 3. The summed E-state index contributed by atoms with van der Waals surface area (Å²) in [5.41, 5.74) is 0.787. The summed E-state index contributed by atoms with van der Waals surface area (Å²) in [6.07, 6.45) is -0.471. The lowest BCUT2D eigenvalue weighted by Gasteiger charge is -2.48. The average molecular weight is 515 g/mol. The molecule has 2 aliphatic heterocycles. The second-order valence-corrected chi connectivity index (χ2v) is 10.6. The molecule has 1 amide bonds. The van der Waals surface area contributed by atoms with Gasteiger partial charge in [0, 0.05) is 23.0 Å². The molecule has 0 aromatic heterocycles. The van der Waals surface area contributed by atoms with Gasteiger partial charge in [0.05, 0.1) is 17.9 Å². The SMILES string of the molecule is N#Cc1c(OC2CCC(C(F)(F)F)CC2)ccc2cc(C(=O)N3C4CCCC3CC(C(=O)O)C4)ccc12. The molecule has 2 bridgehead atoms. The van der Waals surface area contributed by atoms with Crippen molar-refractivity contribution in [2.45, 2.75) is 82.2 Å². The number of benzene rings is 2. The van der Waals surface area contributed by atoms with Crippen molar-refractivity contribution in [1.29, 1.82) is 5.26 Å². The van der Waals surface area contributed by atoms with Gasteiger partial charge < -0.3 is 14.7 Å². The lowest BCUT2D eigenvalue weighted by molar-refractivity contribution is -0.185. The van der Waals surface area contributed by atoms with E-state index in [9.17, 15) is 33.1 Å². The zero-order chi connectivity index (χ0) is 26.3. The fraction of sp³-hybridized carbons (Fsp3) is 0.536. The number of nitriles is 1. The van der Waals surface area contributed by atoms with E-state index in [1.165, 1.54) is 0 Å². The molecule has 37 heavy (non-hydrogen) atoms. The zero-order valence-electron chi connectivity index (χ0n) is 20.3. The molecule has 2 aromatic rings. The van der Waals surface area contributed by atoms with Crippen LogP contribution in [0.1, 0.15) is 73.7 Å². The maximum atomic E-state index is 13.5. The molecule has 0 radical (unpaired) electrons. The van der Waals surface area contributed by atoms with Crippen molar-refractivity contribution in [3.63, 3.8) is 0 Å². The number of hydrogen-bond acceptors (Lipinski definition) is 4. The summed E-state index contributed by atoms with van der Waals surface area (Å²) in [4.78, 5) is 26.9. The number of carboxylic acid groups (broad SMARTS) is 1. The van der Waals surface area contributed by atoms with Crippen LogP contribution in [0.4, 0.5) is 13.2 Å². The van der Waals surface area contributed by atoms with E-state index in [1.807, 2.05) is 4.90 Å². The van der Waals surface area contributed by atoms with Crippen LogP contribution in [0, 0.1) is 23.2 Å². The highest BCUT2D eigenvalue weighted by molar-refractivity contribution is 6.00. The molecule has 196 valence electrons. The van der Waals surface area contributed by atoms with Crippen LogP contribution in [-0.4, -0.2) is 46.2 Å². The number of carbonyl (C=O) groups is 2. The second kappa shape index (κ2) is 9.88. The summed E-state index contributed by atoms with van der Waals surface area (Å²) in [5, 5.41) is 20.7. The number of carbonyl (C=O) groups excluding carboxylic acids is 1. The van der Waals surface area contributed by atoms with Gasteiger partial charge in [-0.25, -0.2) is 0 Å². The van der Waals surface area contributed by atoms with Crippen molar-refractivity contribution in [3.8, 4) is 11.8 Å². The second-order valence-electron chi connectivity index (χ2n) is 10.6. The first-order chi connectivity index (χ1) is 17.7. The van der Waals surface area contributed by atoms with E-state index in [2.05, 4.69) is 6.07 Å². The standard InChI is InChI=1S/C28H29F3N2O4/c29-28(30,31)19-6-8-22(9-7-19)37-25-11-5-16-12-17(4-10-23(16)24(25)15-32)26(34)33-20-2-1-3-21(33)14-18(13-20)27(35)36/h4-5,10-12,18-22H,1-3,6-9,13-14H2,(H,35,36). The van der Waals surface area contributed by atoms with Gasteiger partial charge in [0.1, 0.15) is 17.4 Å². The van der Waals surface area contributed by atoms with Crippen molar-refractivity contribution < 1.29 is 32.6 Å². The third-order valence-electron chi connectivity index (χ3n) is 8.33. The van der Waals surface area contributed by atoms with Crippen LogP contribution in [0.15, 0.2) is 30.3 Å². The molecule has 0 spiro atoms. The van der Waals surface area contributed by atoms with Crippen molar-refractivity contribution in [2.75, 3.05) is 0 Å². The molecule has 2 aromatic carbocycles. The first-order valence-electron chi connectivity index (χ1n) is 12.9. The number of ether oxygens (including phenoxy) is 1. The summed E-state index contributed by atoms with van der Waals surface area (Å²) in [6.45, 7) is 0. The summed E-state index contributed by atoms with van der Waals surface area (Å²) >= 11 is 0. The van der Waals surface area contributed by atoms with Gasteiger partial charge in [0.2, 0.25) is 0 Å². The van der Waals surface area contributed by atoms with Gasteiger partial charge in [-0.1, -0.05) is 12.1 Å². The highest BCUT2D eigenvalue weighted by Crippen LogP contribution is 2.40. The molecule has 1 aliphatic carbocycles. The summed E-state index contributed by atoms with van der Waals surface area (Å²) in [5.74, 6) is -2.30. The van der Waals surface area contributed by atoms with E-state index in [0.717, 1.165) is 19.3 Å².